The van der Waals surface area contributed by atoms with Crippen LogP contribution in [0.25, 0.3) is 0 Å². The van der Waals surface area contributed by atoms with Crippen LogP contribution in [0, 0.1) is 5.92 Å². The Bertz CT molecular complexity index is 447. The second kappa shape index (κ2) is 6.04. The van der Waals surface area contributed by atoms with Gasteiger partial charge >= 0.3 is 0 Å². The normalized spacial score (nSPS) is 23.2. The van der Waals surface area contributed by atoms with Gasteiger partial charge in [0, 0.05) is 31.5 Å². The molecule has 0 aromatic carbocycles. The van der Waals surface area contributed by atoms with Gasteiger partial charge in [-0.15, -0.1) is 0 Å². The standard InChI is InChI=1S/C15H23N3O/c1-4-17-14-5-7-16-10-13(14)15(19)18-8-6-11(2)9-12(18)3/h5,7,10-12H,4,6,8-9H2,1-3H3,(H,16,17). The van der Waals surface area contributed by atoms with E-state index in [1.54, 1.807) is 12.4 Å². The van der Waals surface area contributed by atoms with Crippen molar-refractivity contribution in [2.45, 2.75) is 39.7 Å². The Labute approximate surface area is 115 Å². The number of carbonyl (C=O) groups excluding carboxylic acids is 1. The Morgan fingerprint density at radius 2 is 2.32 bits per heavy atom. The third-order valence-electron chi connectivity index (χ3n) is 3.82. The van der Waals surface area contributed by atoms with Gasteiger partial charge in [0.05, 0.1) is 11.3 Å². The smallest absolute Gasteiger partial charge is 0.257 e. The summed E-state index contributed by atoms with van der Waals surface area (Å²) in [4.78, 5) is 18.7. The molecule has 1 fully saturated rings. The highest BCUT2D eigenvalue weighted by atomic mass is 16.2. The molecule has 2 heterocycles. The number of nitrogens with one attached hydrogen (secondary N) is 1. The molecule has 0 radical (unpaired) electrons. The highest BCUT2D eigenvalue weighted by Gasteiger charge is 2.28. The average molecular weight is 261 g/mol. The molecule has 2 rings (SSSR count). The molecule has 1 aliphatic rings. The molecule has 104 valence electrons. The van der Waals surface area contributed by atoms with Gasteiger partial charge < -0.3 is 10.2 Å². The third kappa shape index (κ3) is 3.06. The van der Waals surface area contributed by atoms with Crippen molar-refractivity contribution in [3.63, 3.8) is 0 Å². The first-order chi connectivity index (χ1) is 9.13. The molecular weight excluding hydrogens is 238 g/mol. The average Bonchev–Trinajstić information content (AvgIpc) is 2.39. The SMILES string of the molecule is CCNc1ccncc1C(=O)N1CCC(C)CC1C. The molecule has 19 heavy (non-hydrogen) atoms. The van der Waals surface area contributed by atoms with Crippen LogP contribution < -0.4 is 5.32 Å². The summed E-state index contributed by atoms with van der Waals surface area (Å²) in [7, 11) is 0. The van der Waals surface area contributed by atoms with Crippen LogP contribution in [0.4, 0.5) is 5.69 Å². The van der Waals surface area contributed by atoms with Gasteiger partial charge in [-0.3, -0.25) is 9.78 Å². The Kier molecular flexibility index (Phi) is 4.40. The summed E-state index contributed by atoms with van der Waals surface area (Å²) in [6, 6.07) is 2.18. The second-order valence-corrected chi connectivity index (χ2v) is 5.43. The monoisotopic (exact) mass is 261 g/mol. The maximum Gasteiger partial charge on any atom is 0.257 e. The fourth-order valence-electron chi connectivity index (χ4n) is 2.77. The summed E-state index contributed by atoms with van der Waals surface area (Å²) in [6.07, 6.45) is 5.57. The van der Waals surface area contributed by atoms with Gasteiger partial charge in [-0.25, -0.2) is 0 Å². The topological polar surface area (TPSA) is 45.2 Å². The van der Waals surface area contributed by atoms with E-state index in [0.29, 0.717) is 17.5 Å². The fourth-order valence-corrected chi connectivity index (χ4v) is 2.77. The van der Waals surface area contributed by atoms with Crippen LogP contribution in [0.5, 0.6) is 0 Å². The van der Waals surface area contributed by atoms with E-state index < -0.39 is 0 Å². The molecule has 0 saturated carbocycles. The van der Waals surface area contributed by atoms with Crippen molar-refractivity contribution >= 4 is 11.6 Å². The molecule has 0 aliphatic carbocycles. The molecule has 1 saturated heterocycles. The molecule has 1 amide bonds. The van der Waals surface area contributed by atoms with Crippen LogP contribution in [0.3, 0.4) is 0 Å². The van der Waals surface area contributed by atoms with Crippen LogP contribution in [0.2, 0.25) is 0 Å². The molecule has 4 heteroatoms. The number of aromatic nitrogens is 1. The maximum absolute atomic E-state index is 12.7. The summed E-state index contributed by atoms with van der Waals surface area (Å²) in [5.74, 6) is 0.810. The lowest BCUT2D eigenvalue weighted by molar-refractivity contribution is 0.0589. The number of likely N-dealkylation sites (tertiary alicyclic amines) is 1. The molecule has 2 unspecified atom stereocenters. The van der Waals surface area contributed by atoms with E-state index in [-0.39, 0.29) is 5.91 Å². The van der Waals surface area contributed by atoms with Crippen LogP contribution in [-0.2, 0) is 0 Å². The lowest BCUT2D eigenvalue weighted by Crippen LogP contribution is -2.44. The summed E-state index contributed by atoms with van der Waals surface area (Å²) in [5.41, 5.74) is 1.57. The number of amides is 1. The maximum atomic E-state index is 12.7. The number of hydrogen-bond donors (Lipinski definition) is 1. The van der Waals surface area contributed by atoms with Crippen LogP contribution in [0.15, 0.2) is 18.5 Å². The minimum Gasteiger partial charge on any atom is -0.385 e. The van der Waals surface area contributed by atoms with Crippen molar-refractivity contribution in [3.8, 4) is 0 Å². The number of pyridine rings is 1. The predicted octanol–water partition coefficient (Wildman–Crippen LogP) is 2.77. The Hall–Kier alpha value is -1.58. The minimum atomic E-state index is 0.100. The van der Waals surface area contributed by atoms with Crippen molar-refractivity contribution in [1.82, 2.24) is 9.88 Å². The van der Waals surface area contributed by atoms with E-state index in [9.17, 15) is 4.79 Å². The molecule has 4 nitrogen and oxygen atoms in total. The number of rotatable bonds is 3. The van der Waals surface area contributed by atoms with Gasteiger partial charge in [-0.1, -0.05) is 6.92 Å². The van der Waals surface area contributed by atoms with Crippen molar-refractivity contribution in [2.24, 2.45) is 5.92 Å². The fraction of sp³-hybridized carbons (Fsp3) is 0.600. The number of nitrogens with zero attached hydrogens (tertiary/aromatic N) is 2. The van der Waals surface area contributed by atoms with E-state index in [1.807, 2.05) is 17.9 Å². The summed E-state index contributed by atoms with van der Waals surface area (Å²) >= 11 is 0. The van der Waals surface area contributed by atoms with E-state index in [2.05, 4.69) is 24.1 Å². The summed E-state index contributed by atoms with van der Waals surface area (Å²) in [6.45, 7) is 8.07. The van der Waals surface area contributed by atoms with Crippen molar-refractivity contribution in [1.29, 1.82) is 0 Å². The first-order valence-corrected chi connectivity index (χ1v) is 7.12. The summed E-state index contributed by atoms with van der Waals surface area (Å²) in [5, 5.41) is 3.23. The van der Waals surface area contributed by atoms with Crippen molar-refractivity contribution < 1.29 is 4.79 Å². The van der Waals surface area contributed by atoms with Crippen LogP contribution >= 0.6 is 0 Å². The largest absolute Gasteiger partial charge is 0.385 e. The summed E-state index contributed by atoms with van der Waals surface area (Å²) < 4.78 is 0. The molecule has 1 aliphatic heterocycles. The number of anilines is 1. The first-order valence-electron chi connectivity index (χ1n) is 7.12. The molecule has 1 N–H and O–H groups in total. The molecule has 0 spiro atoms. The van der Waals surface area contributed by atoms with E-state index in [0.717, 1.165) is 31.6 Å². The quantitative estimate of drug-likeness (QED) is 0.910. The molecule has 2 atom stereocenters. The van der Waals surface area contributed by atoms with Crippen molar-refractivity contribution in [2.75, 3.05) is 18.4 Å². The highest BCUT2D eigenvalue weighted by molar-refractivity contribution is 5.99. The zero-order valence-corrected chi connectivity index (χ0v) is 12.0. The zero-order valence-electron chi connectivity index (χ0n) is 12.0. The van der Waals surface area contributed by atoms with Gasteiger partial charge in [0.15, 0.2) is 0 Å². The van der Waals surface area contributed by atoms with Gasteiger partial charge in [0.1, 0.15) is 0 Å². The molecule has 0 bridgehead atoms. The lowest BCUT2D eigenvalue weighted by Gasteiger charge is -2.36. The van der Waals surface area contributed by atoms with E-state index in [4.69, 9.17) is 0 Å². The Balaban J connectivity index is 2.19. The van der Waals surface area contributed by atoms with Gasteiger partial charge in [-0.05, 0) is 38.7 Å². The van der Waals surface area contributed by atoms with Gasteiger partial charge in [0.2, 0.25) is 0 Å². The minimum absolute atomic E-state index is 0.100. The lowest BCUT2D eigenvalue weighted by atomic mass is 9.93. The highest BCUT2D eigenvalue weighted by Crippen LogP contribution is 2.25. The first kappa shape index (κ1) is 13.8. The predicted molar refractivity (Wildman–Crippen MR) is 77.3 cm³/mol. The Morgan fingerprint density at radius 3 is 3.00 bits per heavy atom. The third-order valence-corrected chi connectivity index (χ3v) is 3.82. The van der Waals surface area contributed by atoms with Gasteiger partial charge in [0.25, 0.3) is 5.91 Å². The van der Waals surface area contributed by atoms with Gasteiger partial charge in [-0.2, -0.15) is 0 Å². The van der Waals surface area contributed by atoms with E-state index in [1.165, 1.54) is 0 Å². The molecule has 1 aromatic rings. The van der Waals surface area contributed by atoms with Crippen molar-refractivity contribution in [3.05, 3.63) is 24.0 Å². The molecular formula is C15H23N3O. The second-order valence-electron chi connectivity index (χ2n) is 5.43. The number of piperidine rings is 1. The van der Waals surface area contributed by atoms with Crippen LogP contribution in [0.1, 0.15) is 44.0 Å². The van der Waals surface area contributed by atoms with E-state index >= 15 is 0 Å². The molecule has 1 aromatic heterocycles. The number of hydrogen-bond acceptors (Lipinski definition) is 3. The zero-order chi connectivity index (χ0) is 13.8. The Morgan fingerprint density at radius 1 is 1.53 bits per heavy atom. The number of carbonyl (C=O) groups is 1. The van der Waals surface area contributed by atoms with Crippen LogP contribution in [-0.4, -0.2) is 34.9 Å².